The van der Waals surface area contributed by atoms with Gasteiger partial charge in [-0.25, -0.2) is 8.42 Å². The minimum absolute atomic E-state index is 0.105. The molecule has 0 aliphatic carbocycles. The molecule has 5 heteroatoms. The van der Waals surface area contributed by atoms with Crippen molar-refractivity contribution in [1.29, 1.82) is 0 Å². The Balaban J connectivity index is 2.29. The van der Waals surface area contributed by atoms with Gasteiger partial charge >= 0.3 is 0 Å². The van der Waals surface area contributed by atoms with E-state index in [0.717, 1.165) is 31.2 Å². The van der Waals surface area contributed by atoms with Crippen molar-refractivity contribution in [2.24, 2.45) is 0 Å². The number of hydrogen-bond donors (Lipinski definition) is 1. The third-order valence-electron chi connectivity index (χ3n) is 3.72. The second kappa shape index (κ2) is 6.03. The zero-order valence-electron chi connectivity index (χ0n) is 11.2. The summed E-state index contributed by atoms with van der Waals surface area (Å²) in [5, 5.41) is 9.35. The van der Waals surface area contributed by atoms with Gasteiger partial charge in [-0.05, 0) is 37.0 Å². The number of nitrogens with zero attached hydrogens (tertiary/aromatic N) is 1. The maximum absolute atomic E-state index is 12.6. The smallest absolute Gasteiger partial charge is 0.243 e. The lowest BCUT2D eigenvalue weighted by Crippen LogP contribution is -2.45. The molecular formula is C14H21NO3S. The van der Waals surface area contributed by atoms with E-state index in [0.29, 0.717) is 11.4 Å². The summed E-state index contributed by atoms with van der Waals surface area (Å²) in [4.78, 5) is 0.324. The molecule has 0 amide bonds. The molecule has 1 aromatic rings. The number of aliphatic hydroxyl groups is 1. The number of sulfonamides is 1. The largest absolute Gasteiger partial charge is 0.395 e. The first kappa shape index (κ1) is 14.5. The molecule has 1 heterocycles. The van der Waals surface area contributed by atoms with Crippen molar-refractivity contribution in [2.75, 3.05) is 13.2 Å². The number of aryl methyl sites for hydroxylation is 1. The minimum atomic E-state index is -3.47. The molecular weight excluding hydrogens is 262 g/mol. The van der Waals surface area contributed by atoms with Crippen LogP contribution in [0.15, 0.2) is 29.2 Å². The molecule has 1 aromatic carbocycles. The fourth-order valence-corrected chi connectivity index (χ4v) is 4.19. The second-order valence-electron chi connectivity index (χ2n) is 4.95. The molecule has 4 nitrogen and oxygen atoms in total. The van der Waals surface area contributed by atoms with E-state index in [1.165, 1.54) is 4.31 Å². The Morgan fingerprint density at radius 1 is 1.26 bits per heavy atom. The molecule has 1 unspecified atom stereocenters. The Morgan fingerprint density at radius 2 is 1.95 bits per heavy atom. The molecule has 0 spiro atoms. The van der Waals surface area contributed by atoms with Gasteiger partial charge < -0.3 is 5.11 Å². The quantitative estimate of drug-likeness (QED) is 0.916. The molecule has 0 aromatic heterocycles. The Kier molecular flexibility index (Phi) is 4.60. The van der Waals surface area contributed by atoms with E-state index in [2.05, 4.69) is 0 Å². The number of benzene rings is 1. The highest BCUT2D eigenvalue weighted by atomic mass is 32.2. The molecule has 0 bridgehead atoms. The minimum Gasteiger partial charge on any atom is -0.395 e. The van der Waals surface area contributed by atoms with Crippen molar-refractivity contribution < 1.29 is 13.5 Å². The topological polar surface area (TPSA) is 57.6 Å². The van der Waals surface area contributed by atoms with Crippen LogP contribution < -0.4 is 0 Å². The first-order chi connectivity index (χ1) is 9.09. The fourth-order valence-electron chi connectivity index (χ4n) is 2.51. The van der Waals surface area contributed by atoms with Crippen LogP contribution in [0.4, 0.5) is 0 Å². The van der Waals surface area contributed by atoms with Gasteiger partial charge in [0.25, 0.3) is 0 Å². The lowest BCUT2D eigenvalue weighted by atomic mass is 10.1. The number of rotatable bonds is 4. The summed E-state index contributed by atoms with van der Waals surface area (Å²) >= 11 is 0. The van der Waals surface area contributed by atoms with Gasteiger partial charge in [-0.3, -0.25) is 0 Å². The maximum Gasteiger partial charge on any atom is 0.243 e. The fraction of sp³-hybridized carbons (Fsp3) is 0.571. The summed E-state index contributed by atoms with van der Waals surface area (Å²) in [7, 11) is -3.47. The third kappa shape index (κ3) is 2.99. The molecule has 0 saturated carbocycles. The predicted octanol–water partition coefficient (Wildman–Crippen LogP) is 1.78. The maximum atomic E-state index is 12.6. The van der Waals surface area contributed by atoms with E-state index < -0.39 is 10.0 Å². The van der Waals surface area contributed by atoms with Crippen molar-refractivity contribution in [3.63, 3.8) is 0 Å². The van der Waals surface area contributed by atoms with Crippen LogP contribution in [0.1, 0.15) is 31.7 Å². The monoisotopic (exact) mass is 283 g/mol. The van der Waals surface area contributed by atoms with Gasteiger partial charge in [-0.15, -0.1) is 0 Å². The van der Waals surface area contributed by atoms with Gasteiger partial charge in [0, 0.05) is 12.6 Å². The average Bonchev–Trinajstić information content (AvgIpc) is 2.47. The number of aliphatic hydroxyl groups excluding tert-OH is 1. The highest BCUT2D eigenvalue weighted by molar-refractivity contribution is 7.89. The molecule has 2 rings (SSSR count). The lowest BCUT2D eigenvalue weighted by molar-refractivity contribution is 0.155. The molecule has 106 valence electrons. The number of hydrogen-bond acceptors (Lipinski definition) is 3. The summed E-state index contributed by atoms with van der Waals surface area (Å²) < 4.78 is 26.6. The predicted molar refractivity (Wildman–Crippen MR) is 74.4 cm³/mol. The molecule has 0 radical (unpaired) electrons. The first-order valence-electron chi connectivity index (χ1n) is 6.81. The average molecular weight is 283 g/mol. The highest BCUT2D eigenvalue weighted by Gasteiger charge is 2.32. The van der Waals surface area contributed by atoms with E-state index >= 15 is 0 Å². The zero-order chi connectivity index (χ0) is 13.9. The summed E-state index contributed by atoms with van der Waals surface area (Å²) in [6.45, 7) is 2.44. The van der Waals surface area contributed by atoms with Gasteiger partial charge in [0.15, 0.2) is 0 Å². The van der Waals surface area contributed by atoms with Crippen molar-refractivity contribution in [3.05, 3.63) is 29.8 Å². The first-order valence-corrected chi connectivity index (χ1v) is 8.25. The van der Waals surface area contributed by atoms with Crippen LogP contribution in [0.25, 0.3) is 0 Å². The van der Waals surface area contributed by atoms with Crippen LogP contribution >= 0.6 is 0 Å². The normalized spacial score (nSPS) is 21.5. The second-order valence-corrected chi connectivity index (χ2v) is 6.84. The van der Waals surface area contributed by atoms with Gasteiger partial charge in [-0.1, -0.05) is 25.5 Å². The van der Waals surface area contributed by atoms with Crippen molar-refractivity contribution in [3.8, 4) is 0 Å². The van der Waals surface area contributed by atoms with Gasteiger partial charge in [0.1, 0.15) is 0 Å². The SMILES string of the molecule is CCc1ccc(S(=O)(=O)N2CCCCC2CO)cc1. The Morgan fingerprint density at radius 3 is 2.53 bits per heavy atom. The molecule has 1 aliphatic heterocycles. The number of piperidine rings is 1. The van der Waals surface area contributed by atoms with E-state index in [9.17, 15) is 13.5 Å². The molecule has 1 atom stereocenters. The summed E-state index contributed by atoms with van der Waals surface area (Å²) in [6, 6.07) is 6.76. The van der Waals surface area contributed by atoms with Gasteiger partial charge in [-0.2, -0.15) is 4.31 Å². The van der Waals surface area contributed by atoms with E-state index in [1.54, 1.807) is 12.1 Å². The molecule has 1 N–H and O–H groups in total. The van der Waals surface area contributed by atoms with Crippen LogP contribution in [-0.2, 0) is 16.4 Å². The third-order valence-corrected chi connectivity index (χ3v) is 5.69. The van der Waals surface area contributed by atoms with Gasteiger partial charge in [0.05, 0.1) is 11.5 Å². The van der Waals surface area contributed by atoms with Crippen molar-refractivity contribution >= 4 is 10.0 Å². The van der Waals surface area contributed by atoms with E-state index in [-0.39, 0.29) is 12.6 Å². The van der Waals surface area contributed by atoms with Crippen molar-refractivity contribution in [2.45, 2.75) is 43.5 Å². The van der Waals surface area contributed by atoms with E-state index in [1.807, 2.05) is 19.1 Å². The zero-order valence-corrected chi connectivity index (χ0v) is 12.1. The van der Waals surface area contributed by atoms with Gasteiger partial charge in [0.2, 0.25) is 10.0 Å². The van der Waals surface area contributed by atoms with E-state index in [4.69, 9.17) is 0 Å². The van der Waals surface area contributed by atoms with Crippen LogP contribution in [-0.4, -0.2) is 37.0 Å². The Bertz CT molecular complexity index is 510. The lowest BCUT2D eigenvalue weighted by Gasteiger charge is -2.33. The van der Waals surface area contributed by atoms with Crippen molar-refractivity contribution in [1.82, 2.24) is 4.31 Å². The molecule has 1 saturated heterocycles. The Hall–Kier alpha value is -0.910. The summed E-state index contributed by atoms with van der Waals surface area (Å²) in [5.41, 5.74) is 1.12. The highest BCUT2D eigenvalue weighted by Crippen LogP contribution is 2.25. The Labute approximate surface area is 115 Å². The van der Waals surface area contributed by atoms with Crippen LogP contribution in [0.5, 0.6) is 0 Å². The van der Waals surface area contributed by atoms with Crippen LogP contribution in [0.2, 0.25) is 0 Å². The van der Waals surface area contributed by atoms with Crippen LogP contribution in [0, 0.1) is 0 Å². The molecule has 1 aliphatic rings. The summed E-state index contributed by atoms with van der Waals surface area (Å²) in [6.07, 6.45) is 3.47. The molecule has 1 fully saturated rings. The standard InChI is InChI=1S/C14H21NO3S/c1-2-12-6-8-14(9-7-12)19(17,18)15-10-4-3-5-13(15)11-16/h6-9,13,16H,2-5,10-11H2,1H3. The summed E-state index contributed by atoms with van der Waals surface area (Å²) in [5.74, 6) is 0. The van der Waals surface area contributed by atoms with Crippen LogP contribution in [0.3, 0.4) is 0 Å². The molecule has 19 heavy (non-hydrogen) atoms.